The predicted octanol–water partition coefficient (Wildman–Crippen LogP) is -2.06. The maximum atomic E-state index is 11.9. The van der Waals surface area contributed by atoms with Crippen LogP contribution in [-0.4, -0.2) is 224 Å². The summed E-state index contributed by atoms with van der Waals surface area (Å²) in [7, 11) is -5.15. The highest BCUT2D eigenvalue weighted by Gasteiger charge is 2.66. The molecule has 0 aromatic heterocycles. The van der Waals surface area contributed by atoms with Gasteiger partial charge in [-0.15, -0.1) is 0 Å². The molecule has 4 saturated heterocycles. The summed E-state index contributed by atoms with van der Waals surface area (Å²) in [6.07, 6.45) is -22.9. The zero-order chi connectivity index (χ0) is 53.5. The topological polar surface area (TPSA) is 369 Å². The number of hydrogen-bond acceptors (Lipinski definition) is 23. The van der Waals surface area contributed by atoms with Crippen molar-refractivity contribution in [1.82, 2.24) is 0 Å². The number of aliphatic hydroxyl groups excluding tert-OH is 11. The smallest absolute Gasteiger partial charge is 0.397 e. The Morgan fingerprint density at radius 2 is 1.50 bits per heavy atom. The molecule has 27 atom stereocenters. The van der Waals surface area contributed by atoms with Crippen molar-refractivity contribution in [2.45, 2.75) is 208 Å². The number of hydrogen-bond donors (Lipinski definition) is 12. The normalized spacial score (nSPS) is 50.5. The Morgan fingerprint density at radius 1 is 0.797 bits per heavy atom. The van der Waals surface area contributed by atoms with Crippen LogP contribution in [0.5, 0.6) is 0 Å². The second-order valence-electron chi connectivity index (χ2n) is 22.5. The van der Waals surface area contributed by atoms with Crippen LogP contribution in [-0.2, 0) is 57.2 Å². The zero-order valence-corrected chi connectivity index (χ0v) is 42.7. The van der Waals surface area contributed by atoms with Gasteiger partial charge in [-0.05, 0) is 81.1 Å². The van der Waals surface area contributed by atoms with Crippen molar-refractivity contribution in [3.05, 3.63) is 35.1 Å². The van der Waals surface area contributed by atoms with E-state index in [1.807, 2.05) is 0 Å². The largest absolute Gasteiger partial charge is 0.494 e. The minimum Gasteiger partial charge on any atom is -0.494 e. The summed E-state index contributed by atoms with van der Waals surface area (Å²) in [6.45, 7) is 10.6. The Hall–Kier alpha value is -1.87. The predicted molar refractivity (Wildman–Crippen MR) is 249 cm³/mol. The van der Waals surface area contributed by atoms with Crippen LogP contribution >= 0.6 is 0 Å². The average Bonchev–Trinajstić information content (AvgIpc) is 3.84. The molecule has 25 heteroatoms. The minimum atomic E-state index is -5.15. The van der Waals surface area contributed by atoms with Crippen molar-refractivity contribution in [3.63, 3.8) is 0 Å². The van der Waals surface area contributed by atoms with Gasteiger partial charge in [-0.3, -0.25) is 4.55 Å². The highest BCUT2D eigenvalue weighted by atomic mass is 32.3. The first-order valence-corrected chi connectivity index (χ1v) is 27.1. The number of fused-ring (bicyclic) bond motifs is 7. The lowest BCUT2D eigenvalue weighted by atomic mass is 9.46. The molecule has 3 saturated carbocycles. The molecule has 0 aromatic carbocycles. The Kier molecular flexibility index (Phi) is 16.9. The van der Waals surface area contributed by atoms with E-state index in [-0.39, 0.29) is 48.2 Å². The number of ether oxygens (including phenoxy) is 9. The molecule has 0 unspecified atom stereocenters. The third-order valence-corrected chi connectivity index (χ3v) is 18.6. The monoisotopic (exact) mass is 1080 g/mol. The molecule has 9 aliphatic rings. The summed E-state index contributed by atoms with van der Waals surface area (Å²) in [5.41, 5.74) is 2.08. The van der Waals surface area contributed by atoms with Gasteiger partial charge < -0.3 is 98.8 Å². The molecule has 4 aliphatic carbocycles. The first kappa shape index (κ1) is 56.8. The molecular weight excluding hydrogens is 1000 g/mol. The first-order chi connectivity index (χ1) is 34.9. The van der Waals surface area contributed by atoms with Crippen molar-refractivity contribution >= 4 is 10.4 Å². The van der Waals surface area contributed by atoms with E-state index in [1.54, 1.807) is 0 Å². The molecule has 7 fully saturated rings. The third-order valence-electron chi connectivity index (χ3n) is 18.1. The molecule has 5 aliphatic heterocycles. The SMILES string of the molecule is C=C(CCC1=C(C)[C@H]2[C@H](C[C@H]3[C@@H]4CC=C5C[C@@H](O)C[C@@H](O[C@@H]6OC[C@H](OS(=O)(=O)O)[C@H](O)[C@H]6O[C@@H]6O[C@@H](C)[C@H](O)[C@@H](O[C@@H]7OC[C@@H](O)[C@H](O)[C@H]7O)[C@H]6O)[C@]5(C)[C@H]4CC[C@@]32C)O1)CO[C@@H]1O[C@H](CO)[C@H](O)[C@H](O)[C@H]1O. The van der Waals surface area contributed by atoms with Gasteiger partial charge in [-0.1, -0.05) is 37.6 Å². The third kappa shape index (κ3) is 10.6. The second kappa shape index (κ2) is 22.0. The fourth-order valence-electron chi connectivity index (χ4n) is 14.1. The van der Waals surface area contributed by atoms with Crippen LogP contribution in [0.2, 0.25) is 0 Å². The van der Waals surface area contributed by atoms with Gasteiger partial charge in [-0.25, -0.2) is 4.18 Å². The van der Waals surface area contributed by atoms with E-state index in [2.05, 4.69) is 33.4 Å². The summed E-state index contributed by atoms with van der Waals surface area (Å²) in [5, 5.41) is 117. The van der Waals surface area contributed by atoms with E-state index >= 15 is 0 Å². The molecule has 0 bridgehead atoms. The summed E-state index contributed by atoms with van der Waals surface area (Å²) < 4.78 is 92.4. The number of rotatable bonds is 15. The summed E-state index contributed by atoms with van der Waals surface area (Å²) >= 11 is 0. The fourth-order valence-corrected chi connectivity index (χ4v) is 14.6. The van der Waals surface area contributed by atoms with Crippen LogP contribution in [0.4, 0.5) is 0 Å². The van der Waals surface area contributed by atoms with Crippen molar-refractivity contribution in [2.24, 2.45) is 34.5 Å². The van der Waals surface area contributed by atoms with Gasteiger partial charge in [0.25, 0.3) is 0 Å². The summed E-state index contributed by atoms with van der Waals surface area (Å²) in [4.78, 5) is 0. The van der Waals surface area contributed by atoms with Gasteiger partial charge in [0.2, 0.25) is 0 Å². The van der Waals surface area contributed by atoms with Crippen molar-refractivity contribution in [2.75, 3.05) is 26.4 Å². The van der Waals surface area contributed by atoms with Crippen LogP contribution in [0.1, 0.15) is 79.1 Å². The molecule has 0 radical (unpaired) electrons. The summed E-state index contributed by atoms with van der Waals surface area (Å²) in [5.74, 6) is 1.52. The quantitative estimate of drug-likeness (QED) is 0.0620. The Morgan fingerprint density at radius 3 is 2.22 bits per heavy atom. The lowest BCUT2D eigenvalue weighted by molar-refractivity contribution is -0.376. The van der Waals surface area contributed by atoms with E-state index in [0.717, 1.165) is 37.0 Å². The van der Waals surface area contributed by atoms with Crippen LogP contribution < -0.4 is 0 Å². The molecule has 74 heavy (non-hydrogen) atoms. The maximum Gasteiger partial charge on any atom is 0.397 e. The van der Waals surface area contributed by atoms with Crippen molar-refractivity contribution in [3.8, 4) is 0 Å². The molecular formula is C49H76O24S. The van der Waals surface area contributed by atoms with Gasteiger partial charge >= 0.3 is 10.4 Å². The number of aliphatic hydroxyl groups is 11. The zero-order valence-electron chi connectivity index (χ0n) is 41.9. The van der Waals surface area contributed by atoms with E-state index < -0.39 is 158 Å². The lowest BCUT2D eigenvalue weighted by Crippen LogP contribution is -2.65. The van der Waals surface area contributed by atoms with Gasteiger partial charge in [-0.2, -0.15) is 8.42 Å². The number of allylic oxidation sites excluding steroid dienone is 2. The molecule has 24 nitrogen and oxygen atoms in total. The Labute approximate surface area is 429 Å². The van der Waals surface area contributed by atoms with Gasteiger partial charge in [0, 0.05) is 24.2 Å². The minimum absolute atomic E-state index is 0.00657. The highest BCUT2D eigenvalue weighted by molar-refractivity contribution is 7.80. The average molecular weight is 1080 g/mol. The fraction of sp³-hybridized carbons (Fsp3) is 0.878. The summed E-state index contributed by atoms with van der Waals surface area (Å²) in [6, 6.07) is 0. The van der Waals surface area contributed by atoms with Gasteiger partial charge in [0.1, 0.15) is 85.5 Å². The highest BCUT2D eigenvalue weighted by Crippen LogP contribution is 2.69. The van der Waals surface area contributed by atoms with Gasteiger partial charge in [0.15, 0.2) is 25.2 Å². The molecule has 422 valence electrons. The van der Waals surface area contributed by atoms with Crippen LogP contribution in [0.3, 0.4) is 0 Å². The van der Waals surface area contributed by atoms with E-state index in [4.69, 9.17) is 46.8 Å². The molecule has 0 spiro atoms. The van der Waals surface area contributed by atoms with Crippen LogP contribution in [0, 0.1) is 34.5 Å². The molecule has 9 rings (SSSR count). The molecule has 0 amide bonds. The molecule has 12 N–H and O–H groups in total. The molecule has 5 heterocycles. The first-order valence-electron chi connectivity index (χ1n) is 25.8. The van der Waals surface area contributed by atoms with Crippen molar-refractivity contribution < 1.29 is 116 Å². The van der Waals surface area contributed by atoms with Crippen LogP contribution in [0.15, 0.2) is 35.1 Å². The van der Waals surface area contributed by atoms with Crippen LogP contribution in [0.25, 0.3) is 0 Å². The standard InChI is InChI=1S/C49H76O24S/c1-19(16-64-44-40(59)38(57)36(55)30(15-50)69-44)6-9-28-20(2)33-29(68-28)14-26-24-8-7-22-12-23(51)13-32(49(22,5)25(24)10-11-48(26,33)4)70-47-43(37(56)31(18-66-47)73-74(61,62)63)72-46-41(60)42(34(53)21(3)67-46)71-45-39(58)35(54)27(52)17-65-45/h7,21,23-27,29-47,50-60H,1,6,8-18H2,2-5H3,(H,61,62,63)/t21-,23+,24+,25-,26-,27+,29-,30+,31-,32+,33-,34-,35-,36-,37-,38-,39+,40+,41+,42+,43+,44+,45-,46-,47-,48-,49-/m0/s1. The second-order valence-corrected chi connectivity index (χ2v) is 23.6. The molecule has 0 aromatic rings. The van der Waals surface area contributed by atoms with E-state index in [0.29, 0.717) is 24.8 Å². The Balaban J connectivity index is 0.895. The van der Waals surface area contributed by atoms with Gasteiger partial charge in [0.05, 0.1) is 50.5 Å². The van der Waals surface area contributed by atoms with E-state index in [1.165, 1.54) is 12.5 Å². The van der Waals surface area contributed by atoms with E-state index in [9.17, 15) is 69.1 Å². The maximum absolute atomic E-state index is 11.9. The van der Waals surface area contributed by atoms with Crippen molar-refractivity contribution in [1.29, 1.82) is 0 Å². The lowest BCUT2D eigenvalue weighted by Gasteiger charge is -2.60. The Bertz CT molecular complexity index is 2180.